The van der Waals surface area contributed by atoms with E-state index in [1.807, 2.05) is 0 Å². The number of rotatable bonds is 4. The van der Waals surface area contributed by atoms with E-state index in [0.29, 0.717) is 0 Å². The van der Waals surface area contributed by atoms with Crippen molar-refractivity contribution in [2.75, 3.05) is 13.1 Å². The highest BCUT2D eigenvalue weighted by Crippen LogP contribution is 2.38. The molecule has 2 fully saturated rings. The summed E-state index contributed by atoms with van der Waals surface area (Å²) < 4.78 is 0. The molecule has 0 amide bonds. The molecular formula is C13H26N2. The first-order chi connectivity index (χ1) is 7.15. The van der Waals surface area contributed by atoms with Crippen LogP contribution in [-0.2, 0) is 0 Å². The molecule has 0 heterocycles. The molecule has 2 nitrogen and oxygen atoms in total. The quantitative estimate of drug-likeness (QED) is 0.746. The lowest BCUT2D eigenvalue weighted by Crippen LogP contribution is -2.53. The van der Waals surface area contributed by atoms with Crippen LogP contribution in [0.5, 0.6) is 0 Å². The Kier molecular flexibility index (Phi) is 3.36. The fourth-order valence-corrected chi connectivity index (χ4v) is 2.80. The summed E-state index contributed by atoms with van der Waals surface area (Å²) in [6.07, 6.45) is 6.69. The molecule has 0 aromatic heterocycles. The third kappa shape index (κ3) is 2.73. The molecule has 0 aliphatic heterocycles. The van der Waals surface area contributed by atoms with Gasteiger partial charge in [0.2, 0.25) is 0 Å². The zero-order valence-corrected chi connectivity index (χ0v) is 10.3. The van der Waals surface area contributed by atoms with Gasteiger partial charge in [-0.25, -0.2) is 0 Å². The SMILES string of the molecule is CC1CCC(CN)(NCC2CC2C)CC1. The average molecular weight is 210 g/mol. The van der Waals surface area contributed by atoms with Crippen LogP contribution in [0.1, 0.15) is 46.0 Å². The van der Waals surface area contributed by atoms with Crippen molar-refractivity contribution in [1.82, 2.24) is 5.32 Å². The fourth-order valence-electron chi connectivity index (χ4n) is 2.80. The Labute approximate surface area is 94.0 Å². The topological polar surface area (TPSA) is 38.0 Å². The van der Waals surface area contributed by atoms with Crippen molar-refractivity contribution >= 4 is 0 Å². The highest BCUT2D eigenvalue weighted by molar-refractivity contribution is 4.95. The van der Waals surface area contributed by atoms with E-state index in [0.717, 1.165) is 24.3 Å². The summed E-state index contributed by atoms with van der Waals surface area (Å²) in [5, 5.41) is 3.77. The molecule has 2 aliphatic rings. The molecule has 2 rings (SSSR count). The number of nitrogens with two attached hydrogens (primary N) is 1. The van der Waals surface area contributed by atoms with Gasteiger partial charge in [0, 0.05) is 12.1 Å². The minimum Gasteiger partial charge on any atom is -0.329 e. The summed E-state index contributed by atoms with van der Waals surface area (Å²) in [6, 6.07) is 0. The van der Waals surface area contributed by atoms with Gasteiger partial charge in [0.1, 0.15) is 0 Å². The van der Waals surface area contributed by atoms with E-state index < -0.39 is 0 Å². The maximum atomic E-state index is 5.96. The predicted molar refractivity (Wildman–Crippen MR) is 64.7 cm³/mol. The van der Waals surface area contributed by atoms with Crippen LogP contribution in [-0.4, -0.2) is 18.6 Å². The molecule has 2 heteroatoms. The van der Waals surface area contributed by atoms with Crippen molar-refractivity contribution < 1.29 is 0 Å². The normalized spacial score (nSPS) is 45.4. The lowest BCUT2D eigenvalue weighted by Gasteiger charge is -2.39. The van der Waals surface area contributed by atoms with Crippen LogP contribution in [0.3, 0.4) is 0 Å². The molecule has 2 unspecified atom stereocenters. The van der Waals surface area contributed by atoms with Crippen molar-refractivity contribution in [3.8, 4) is 0 Å². The third-order valence-electron chi connectivity index (χ3n) is 4.64. The molecular weight excluding hydrogens is 184 g/mol. The van der Waals surface area contributed by atoms with E-state index in [1.54, 1.807) is 0 Å². The lowest BCUT2D eigenvalue weighted by atomic mass is 9.77. The minimum atomic E-state index is 0.287. The number of nitrogens with one attached hydrogen (secondary N) is 1. The Hall–Kier alpha value is -0.0800. The van der Waals surface area contributed by atoms with Crippen molar-refractivity contribution in [3.05, 3.63) is 0 Å². The van der Waals surface area contributed by atoms with Crippen molar-refractivity contribution in [1.29, 1.82) is 0 Å². The van der Waals surface area contributed by atoms with Crippen LogP contribution < -0.4 is 11.1 Å². The number of hydrogen-bond acceptors (Lipinski definition) is 2. The van der Waals surface area contributed by atoms with Gasteiger partial charge in [-0.3, -0.25) is 0 Å². The molecule has 2 atom stereocenters. The van der Waals surface area contributed by atoms with Crippen molar-refractivity contribution in [3.63, 3.8) is 0 Å². The first-order valence-electron chi connectivity index (χ1n) is 6.60. The van der Waals surface area contributed by atoms with Gasteiger partial charge >= 0.3 is 0 Å². The van der Waals surface area contributed by atoms with Gasteiger partial charge in [-0.15, -0.1) is 0 Å². The smallest absolute Gasteiger partial charge is 0.0304 e. The van der Waals surface area contributed by atoms with Crippen LogP contribution >= 0.6 is 0 Å². The largest absolute Gasteiger partial charge is 0.329 e. The van der Waals surface area contributed by atoms with Gasteiger partial charge in [-0.1, -0.05) is 13.8 Å². The summed E-state index contributed by atoms with van der Waals surface area (Å²) in [6.45, 7) is 6.74. The molecule has 0 spiro atoms. The highest BCUT2D eigenvalue weighted by atomic mass is 15.0. The van der Waals surface area contributed by atoms with E-state index in [9.17, 15) is 0 Å². The molecule has 15 heavy (non-hydrogen) atoms. The zero-order chi connectivity index (χ0) is 10.9. The Bertz CT molecular complexity index is 207. The van der Waals surface area contributed by atoms with Crippen molar-refractivity contribution in [2.24, 2.45) is 23.5 Å². The molecule has 2 aliphatic carbocycles. The van der Waals surface area contributed by atoms with Crippen molar-refractivity contribution in [2.45, 2.75) is 51.5 Å². The van der Waals surface area contributed by atoms with E-state index in [1.165, 1.54) is 38.6 Å². The van der Waals surface area contributed by atoms with E-state index in [-0.39, 0.29) is 5.54 Å². The van der Waals surface area contributed by atoms with E-state index >= 15 is 0 Å². The molecule has 88 valence electrons. The van der Waals surface area contributed by atoms with Crippen LogP contribution in [0.4, 0.5) is 0 Å². The first kappa shape index (κ1) is 11.4. The zero-order valence-electron chi connectivity index (χ0n) is 10.3. The van der Waals surface area contributed by atoms with Gasteiger partial charge in [0.05, 0.1) is 0 Å². The highest BCUT2D eigenvalue weighted by Gasteiger charge is 2.37. The second-order valence-corrected chi connectivity index (χ2v) is 6.02. The molecule has 0 saturated heterocycles. The van der Waals surface area contributed by atoms with Gasteiger partial charge in [0.15, 0.2) is 0 Å². The Morgan fingerprint density at radius 2 is 1.87 bits per heavy atom. The third-order valence-corrected chi connectivity index (χ3v) is 4.64. The molecule has 3 N–H and O–H groups in total. The summed E-state index contributed by atoms with van der Waals surface area (Å²) in [4.78, 5) is 0. The summed E-state index contributed by atoms with van der Waals surface area (Å²) in [5.41, 5.74) is 6.25. The van der Waals surface area contributed by atoms with Gasteiger partial charge in [-0.05, 0) is 56.4 Å². The van der Waals surface area contributed by atoms with Gasteiger partial charge < -0.3 is 11.1 Å². The monoisotopic (exact) mass is 210 g/mol. The van der Waals surface area contributed by atoms with E-state index in [4.69, 9.17) is 5.73 Å². The van der Waals surface area contributed by atoms with Crippen LogP contribution in [0.25, 0.3) is 0 Å². The molecule has 0 aromatic rings. The standard InChI is InChI=1S/C13H26N2/c1-10-3-5-13(9-14,6-4-10)15-8-12-7-11(12)2/h10-12,15H,3-9,14H2,1-2H3. The summed E-state index contributed by atoms with van der Waals surface area (Å²) in [5.74, 6) is 2.80. The maximum Gasteiger partial charge on any atom is 0.0304 e. The summed E-state index contributed by atoms with van der Waals surface area (Å²) in [7, 11) is 0. The van der Waals surface area contributed by atoms with Gasteiger partial charge in [0.25, 0.3) is 0 Å². The number of hydrogen-bond donors (Lipinski definition) is 2. The van der Waals surface area contributed by atoms with Crippen LogP contribution in [0.15, 0.2) is 0 Å². The molecule has 0 aromatic carbocycles. The van der Waals surface area contributed by atoms with Crippen LogP contribution in [0.2, 0.25) is 0 Å². The second kappa shape index (κ2) is 4.42. The predicted octanol–water partition coefficient (Wildman–Crippen LogP) is 2.14. The maximum absolute atomic E-state index is 5.96. The molecule has 2 saturated carbocycles. The first-order valence-corrected chi connectivity index (χ1v) is 6.60. The summed E-state index contributed by atoms with van der Waals surface area (Å²) >= 11 is 0. The van der Waals surface area contributed by atoms with E-state index in [2.05, 4.69) is 19.2 Å². The second-order valence-electron chi connectivity index (χ2n) is 6.02. The van der Waals surface area contributed by atoms with Crippen LogP contribution in [0, 0.1) is 17.8 Å². The Morgan fingerprint density at radius 1 is 1.27 bits per heavy atom. The van der Waals surface area contributed by atoms with Gasteiger partial charge in [-0.2, -0.15) is 0 Å². The Balaban J connectivity index is 1.79. The minimum absolute atomic E-state index is 0.287. The average Bonchev–Trinajstić information content (AvgIpc) is 2.95. The Morgan fingerprint density at radius 3 is 2.33 bits per heavy atom. The fraction of sp³-hybridized carbons (Fsp3) is 1.00. The molecule has 0 radical (unpaired) electrons. The lowest BCUT2D eigenvalue weighted by molar-refractivity contribution is 0.199. The molecule has 0 bridgehead atoms.